The van der Waals surface area contributed by atoms with Crippen LogP contribution < -0.4 is 10.2 Å². The molecule has 29 heavy (non-hydrogen) atoms. The van der Waals surface area contributed by atoms with Crippen LogP contribution in [0.1, 0.15) is 27.8 Å². The highest BCUT2D eigenvalue weighted by molar-refractivity contribution is 5.81. The lowest BCUT2D eigenvalue weighted by Crippen LogP contribution is -2.44. The zero-order valence-corrected chi connectivity index (χ0v) is 17.1. The zero-order valence-electron chi connectivity index (χ0n) is 17.1. The monoisotopic (exact) mass is 390 g/mol. The summed E-state index contributed by atoms with van der Waals surface area (Å²) in [6.07, 6.45) is 3.12. The Bertz CT molecular complexity index is 1060. The Hall–Kier alpha value is -2.92. The SMILES string of the molecule is C=Cc1cc(Cn2c(N3CCNCC3)nc3cc(C)c(C)cc32)cc(C=C)c1F. The predicted octanol–water partition coefficient (Wildman–Crippen LogP) is 4.54. The zero-order chi connectivity index (χ0) is 20.5. The summed E-state index contributed by atoms with van der Waals surface area (Å²) < 4.78 is 16.7. The maximum absolute atomic E-state index is 14.5. The molecule has 2 heterocycles. The highest BCUT2D eigenvalue weighted by atomic mass is 19.1. The highest BCUT2D eigenvalue weighted by Gasteiger charge is 2.20. The minimum absolute atomic E-state index is 0.275. The molecule has 3 aromatic rings. The van der Waals surface area contributed by atoms with Crippen molar-refractivity contribution in [2.75, 3.05) is 31.1 Å². The van der Waals surface area contributed by atoms with Crippen molar-refractivity contribution in [1.29, 1.82) is 0 Å². The Morgan fingerprint density at radius 3 is 2.28 bits per heavy atom. The molecule has 1 fully saturated rings. The number of aromatic nitrogens is 2. The number of nitrogens with zero attached hydrogens (tertiary/aromatic N) is 3. The molecule has 1 saturated heterocycles. The number of fused-ring (bicyclic) bond motifs is 1. The van der Waals surface area contributed by atoms with Gasteiger partial charge < -0.3 is 14.8 Å². The van der Waals surface area contributed by atoms with Gasteiger partial charge in [0.05, 0.1) is 17.6 Å². The molecule has 5 heteroatoms. The van der Waals surface area contributed by atoms with Crippen LogP contribution in [0, 0.1) is 19.7 Å². The Kier molecular flexibility index (Phi) is 5.24. The maximum Gasteiger partial charge on any atom is 0.206 e. The van der Waals surface area contributed by atoms with Crippen LogP contribution in [0.15, 0.2) is 37.4 Å². The summed E-state index contributed by atoms with van der Waals surface area (Å²) >= 11 is 0. The number of hydrogen-bond donors (Lipinski definition) is 1. The summed E-state index contributed by atoms with van der Waals surface area (Å²) in [5, 5.41) is 3.40. The number of imidazole rings is 1. The molecule has 1 aromatic heterocycles. The van der Waals surface area contributed by atoms with Gasteiger partial charge in [0.2, 0.25) is 5.95 Å². The van der Waals surface area contributed by atoms with Crippen LogP contribution in [0.5, 0.6) is 0 Å². The molecule has 150 valence electrons. The molecule has 0 atom stereocenters. The van der Waals surface area contributed by atoms with E-state index in [9.17, 15) is 4.39 Å². The number of benzene rings is 2. The Labute approximate surface area is 171 Å². The molecule has 0 radical (unpaired) electrons. The van der Waals surface area contributed by atoms with Crippen molar-refractivity contribution in [3.63, 3.8) is 0 Å². The Balaban J connectivity index is 1.86. The van der Waals surface area contributed by atoms with E-state index in [2.05, 4.69) is 53.9 Å². The lowest BCUT2D eigenvalue weighted by molar-refractivity contribution is 0.571. The van der Waals surface area contributed by atoms with Gasteiger partial charge in [0.15, 0.2) is 0 Å². The molecular formula is C24H27FN4. The van der Waals surface area contributed by atoms with Crippen LogP contribution in [0.2, 0.25) is 0 Å². The summed E-state index contributed by atoms with van der Waals surface area (Å²) in [6, 6.07) is 8.09. The summed E-state index contributed by atoms with van der Waals surface area (Å²) in [4.78, 5) is 7.31. The van der Waals surface area contributed by atoms with Gasteiger partial charge in [-0.1, -0.05) is 25.3 Å². The minimum atomic E-state index is -0.275. The van der Waals surface area contributed by atoms with Crippen LogP contribution in [-0.4, -0.2) is 35.7 Å². The molecule has 0 unspecified atom stereocenters. The van der Waals surface area contributed by atoms with Crippen LogP contribution in [0.4, 0.5) is 10.3 Å². The molecule has 0 saturated carbocycles. The second-order valence-corrected chi connectivity index (χ2v) is 7.66. The standard InChI is InChI=1S/C24H27FN4/c1-5-19-13-18(14-20(6-2)23(19)25)15-29-22-12-17(4)16(3)11-21(22)27-24(29)28-9-7-26-8-10-28/h5-6,11-14,26H,1-2,7-10,15H2,3-4H3. The van der Waals surface area contributed by atoms with Crippen LogP contribution >= 0.6 is 0 Å². The lowest BCUT2D eigenvalue weighted by Gasteiger charge is -2.29. The van der Waals surface area contributed by atoms with E-state index in [1.54, 1.807) is 12.2 Å². The fourth-order valence-corrected chi connectivity index (χ4v) is 3.93. The van der Waals surface area contributed by atoms with Crippen molar-refractivity contribution in [2.24, 2.45) is 0 Å². The van der Waals surface area contributed by atoms with Gasteiger partial charge in [0, 0.05) is 37.3 Å². The Morgan fingerprint density at radius 2 is 1.66 bits per heavy atom. The van der Waals surface area contributed by atoms with E-state index >= 15 is 0 Å². The van der Waals surface area contributed by atoms with Crippen molar-refractivity contribution in [3.8, 4) is 0 Å². The molecule has 0 bridgehead atoms. The Morgan fingerprint density at radius 1 is 1.03 bits per heavy atom. The largest absolute Gasteiger partial charge is 0.340 e. The first kappa shape index (κ1) is 19.4. The fourth-order valence-electron chi connectivity index (χ4n) is 3.93. The van der Waals surface area contributed by atoms with E-state index in [-0.39, 0.29) is 5.82 Å². The van der Waals surface area contributed by atoms with Gasteiger partial charge in [-0.05, 0) is 54.8 Å². The van der Waals surface area contributed by atoms with Crippen LogP contribution in [0.3, 0.4) is 0 Å². The summed E-state index contributed by atoms with van der Waals surface area (Å²) in [6.45, 7) is 16.1. The van der Waals surface area contributed by atoms with Gasteiger partial charge in [-0.15, -0.1) is 0 Å². The number of hydrogen-bond acceptors (Lipinski definition) is 3. The first-order valence-electron chi connectivity index (χ1n) is 10.0. The number of piperazine rings is 1. The van der Waals surface area contributed by atoms with Gasteiger partial charge in [-0.3, -0.25) is 0 Å². The molecule has 2 aromatic carbocycles. The number of nitrogens with one attached hydrogen (secondary N) is 1. The number of halogens is 1. The van der Waals surface area contributed by atoms with Crippen molar-refractivity contribution in [2.45, 2.75) is 20.4 Å². The highest BCUT2D eigenvalue weighted by Crippen LogP contribution is 2.28. The van der Waals surface area contributed by atoms with Gasteiger partial charge in [0.1, 0.15) is 5.82 Å². The first-order chi connectivity index (χ1) is 14.0. The average Bonchev–Trinajstić information content (AvgIpc) is 3.07. The second kappa shape index (κ2) is 7.84. The van der Waals surface area contributed by atoms with Gasteiger partial charge in [0.25, 0.3) is 0 Å². The van der Waals surface area contributed by atoms with E-state index in [1.807, 2.05) is 12.1 Å². The van der Waals surface area contributed by atoms with Crippen molar-refractivity contribution < 1.29 is 4.39 Å². The molecule has 0 amide bonds. The molecule has 1 N–H and O–H groups in total. The first-order valence-corrected chi connectivity index (χ1v) is 10.0. The quantitative estimate of drug-likeness (QED) is 0.695. The third-order valence-corrected chi connectivity index (χ3v) is 5.71. The van der Waals surface area contributed by atoms with E-state index in [0.29, 0.717) is 17.7 Å². The van der Waals surface area contributed by atoms with E-state index in [4.69, 9.17) is 4.98 Å². The third kappa shape index (κ3) is 3.58. The average molecular weight is 391 g/mol. The van der Waals surface area contributed by atoms with Gasteiger partial charge >= 0.3 is 0 Å². The van der Waals surface area contributed by atoms with Crippen molar-refractivity contribution in [1.82, 2.24) is 14.9 Å². The summed E-state index contributed by atoms with van der Waals surface area (Å²) in [5.41, 5.74) is 6.57. The van der Waals surface area contributed by atoms with E-state index in [1.165, 1.54) is 11.1 Å². The molecular weight excluding hydrogens is 363 g/mol. The smallest absolute Gasteiger partial charge is 0.206 e. The molecule has 1 aliphatic heterocycles. The third-order valence-electron chi connectivity index (χ3n) is 5.71. The number of aryl methyl sites for hydroxylation is 2. The molecule has 0 spiro atoms. The minimum Gasteiger partial charge on any atom is -0.340 e. The molecule has 4 rings (SSSR count). The fraction of sp³-hybridized carbons (Fsp3) is 0.292. The summed E-state index contributed by atoms with van der Waals surface area (Å²) in [5.74, 6) is 0.694. The normalized spacial score (nSPS) is 14.4. The van der Waals surface area contributed by atoms with Crippen LogP contribution in [-0.2, 0) is 6.54 Å². The molecule has 1 aliphatic rings. The van der Waals surface area contributed by atoms with Crippen LogP contribution in [0.25, 0.3) is 23.2 Å². The maximum atomic E-state index is 14.5. The van der Waals surface area contributed by atoms with Gasteiger partial charge in [-0.2, -0.15) is 0 Å². The molecule has 4 nitrogen and oxygen atoms in total. The molecule has 0 aliphatic carbocycles. The van der Waals surface area contributed by atoms with E-state index in [0.717, 1.165) is 48.7 Å². The summed E-state index contributed by atoms with van der Waals surface area (Å²) in [7, 11) is 0. The van der Waals surface area contributed by atoms with E-state index < -0.39 is 0 Å². The van der Waals surface area contributed by atoms with Crippen molar-refractivity contribution in [3.05, 3.63) is 71.1 Å². The second-order valence-electron chi connectivity index (χ2n) is 7.66. The predicted molar refractivity (Wildman–Crippen MR) is 120 cm³/mol. The van der Waals surface area contributed by atoms with Crippen molar-refractivity contribution >= 4 is 29.1 Å². The topological polar surface area (TPSA) is 33.1 Å². The lowest BCUT2D eigenvalue weighted by atomic mass is 10.0. The number of rotatable bonds is 5. The van der Waals surface area contributed by atoms with Gasteiger partial charge in [-0.25, -0.2) is 9.37 Å². The number of anilines is 1.